The molecule has 0 bridgehead atoms. The predicted octanol–water partition coefficient (Wildman–Crippen LogP) is 0.00890. The molecular weight excluding hydrogens is 296 g/mol. The zero-order valence-corrected chi connectivity index (χ0v) is 13.4. The predicted molar refractivity (Wildman–Crippen MR) is 78.0 cm³/mol. The van der Waals surface area contributed by atoms with Gasteiger partial charge < -0.3 is 19.7 Å². The molecule has 2 atom stereocenters. The molecule has 1 N–H and O–H groups in total. The summed E-state index contributed by atoms with van der Waals surface area (Å²) in [6, 6.07) is 0.0609. The highest BCUT2D eigenvalue weighted by atomic mass is 32.2. The first-order valence-corrected chi connectivity index (χ1v) is 9.18. The average Bonchev–Trinajstić information content (AvgIpc) is 2.74. The Morgan fingerprint density at radius 2 is 1.95 bits per heavy atom. The molecule has 2 fully saturated rings. The molecule has 122 valence electrons. The number of hydrogen-bond donors (Lipinski definition) is 1. The molecule has 0 aromatic heterocycles. The average molecular weight is 320 g/mol. The first-order chi connectivity index (χ1) is 9.95. The van der Waals surface area contributed by atoms with Gasteiger partial charge in [-0.2, -0.15) is 0 Å². The number of sulfone groups is 1. The van der Waals surface area contributed by atoms with Crippen LogP contribution in [0.2, 0.25) is 0 Å². The van der Waals surface area contributed by atoms with E-state index in [-0.39, 0.29) is 35.8 Å². The van der Waals surface area contributed by atoms with Crippen LogP contribution in [0.1, 0.15) is 19.8 Å². The lowest BCUT2D eigenvalue weighted by atomic mass is 10.0. The number of methoxy groups -OCH3 is 1. The number of hydrogen-bond acceptors (Lipinski definition) is 6. The fraction of sp³-hybridized carbons (Fsp3) is 0.923. The molecule has 0 saturated carbocycles. The lowest BCUT2D eigenvalue weighted by molar-refractivity contribution is 0.0792. The second kappa shape index (κ2) is 6.93. The number of ether oxygens (including phenoxy) is 2. The summed E-state index contributed by atoms with van der Waals surface area (Å²) in [5.74, 6) is 0.215. The van der Waals surface area contributed by atoms with Crippen LogP contribution in [-0.4, -0.2) is 75.9 Å². The summed E-state index contributed by atoms with van der Waals surface area (Å²) in [6.45, 7) is 3.44. The Kier molecular flexibility index (Phi) is 5.45. The van der Waals surface area contributed by atoms with Crippen molar-refractivity contribution >= 4 is 15.9 Å². The molecule has 8 heteroatoms. The van der Waals surface area contributed by atoms with E-state index in [0.717, 1.165) is 12.8 Å². The minimum Gasteiger partial charge on any atom is -0.450 e. The number of rotatable bonds is 4. The molecule has 0 spiro atoms. The van der Waals surface area contributed by atoms with Crippen molar-refractivity contribution in [2.24, 2.45) is 0 Å². The van der Waals surface area contributed by atoms with E-state index in [1.807, 2.05) is 0 Å². The van der Waals surface area contributed by atoms with E-state index in [1.54, 1.807) is 18.9 Å². The maximum atomic E-state index is 11.7. The van der Waals surface area contributed by atoms with Crippen molar-refractivity contribution in [3.05, 3.63) is 0 Å². The maximum absolute atomic E-state index is 11.7. The molecule has 2 rings (SSSR count). The van der Waals surface area contributed by atoms with Gasteiger partial charge in [-0.25, -0.2) is 13.2 Å². The zero-order chi connectivity index (χ0) is 15.5. The Labute approximate surface area is 125 Å². The second-order valence-corrected chi connectivity index (χ2v) is 7.74. The van der Waals surface area contributed by atoms with Crippen molar-refractivity contribution < 1.29 is 22.7 Å². The van der Waals surface area contributed by atoms with Gasteiger partial charge in [0.2, 0.25) is 0 Å². The molecule has 0 aliphatic carbocycles. The number of carbonyl (C=O) groups is 1. The Hall–Kier alpha value is -0.860. The van der Waals surface area contributed by atoms with Gasteiger partial charge in [0.15, 0.2) is 9.84 Å². The summed E-state index contributed by atoms with van der Waals surface area (Å²) in [7, 11) is -1.47. The van der Waals surface area contributed by atoms with Crippen molar-refractivity contribution in [2.75, 3.05) is 38.3 Å². The highest BCUT2D eigenvalue weighted by Crippen LogP contribution is 2.19. The maximum Gasteiger partial charge on any atom is 0.409 e. The minimum atomic E-state index is -3.01. The summed E-state index contributed by atoms with van der Waals surface area (Å²) >= 11 is 0. The van der Waals surface area contributed by atoms with Crippen molar-refractivity contribution in [3.63, 3.8) is 0 Å². The van der Waals surface area contributed by atoms with E-state index in [9.17, 15) is 13.2 Å². The summed E-state index contributed by atoms with van der Waals surface area (Å²) < 4.78 is 33.6. The smallest absolute Gasteiger partial charge is 0.409 e. The van der Waals surface area contributed by atoms with Crippen LogP contribution in [0.3, 0.4) is 0 Å². The van der Waals surface area contributed by atoms with Gasteiger partial charge in [-0.15, -0.1) is 0 Å². The molecule has 2 aliphatic heterocycles. The Balaban J connectivity index is 1.82. The van der Waals surface area contributed by atoms with E-state index in [1.165, 1.54) is 0 Å². The van der Waals surface area contributed by atoms with E-state index >= 15 is 0 Å². The van der Waals surface area contributed by atoms with Crippen LogP contribution in [0.4, 0.5) is 4.79 Å². The van der Waals surface area contributed by atoms with Crippen LogP contribution in [-0.2, 0) is 19.3 Å². The summed E-state index contributed by atoms with van der Waals surface area (Å²) in [6.07, 6.45) is 1.05. The van der Waals surface area contributed by atoms with Crippen LogP contribution in [0.15, 0.2) is 0 Å². The highest BCUT2D eigenvalue weighted by Gasteiger charge is 2.39. The third-order valence-electron chi connectivity index (χ3n) is 4.07. The standard InChI is InChI=1S/C13H24N2O5S/c1-3-20-13(16)15-6-4-10(5-7-15)14-11-8-21(17,18)9-12(11)19-2/h10-12,14H,3-9H2,1-2H3/t11-,12-/m1/s1. The van der Waals surface area contributed by atoms with Gasteiger partial charge in [-0.3, -0.25) is 0 Å². The fourth-order valence-electron chi connectivity index (χ4n) is 2.95. The summed E-state index contributed by atoms with van der Waals surface area (Å²) in [5, 5.41) is 3.38. The molecule has 1 amide bonds. The van der Waals surface area contributed by atoms with Crippen molar-refractivity contribution in [1.82, 2.24) is 10.2 Å². The molecule has 2 saturated heterocycles. The van der Waals surface area contributed by atoms with Gasteiger partial charge in [0.05, 0.1) is 24.2 Å². The third-order valence-corrected chi connectivity index (χ3v) is 5.78. The van der Waals surface area contributed by atoms with Crippen molar-refractivity contribution in [2.45, 2.75) is 38.0 Å². The quantitative estimate of drug-likeness (QED) is 0.785. The van der Waals surface area contributed by atoms with Crippen molar-refractivity contribution in [1.29, 1.82) is 0 Å². The second-order valence-electron chi connectivity index (χ2n) is 5.58. The van der Waals surface area contributed by atoms with Gasteiger partial charge in [0, 0.05) is 32.3 Å². The number of carbonyl (C=O) groups excluding carboxylic acids is 1. The topological polar surface area (TPSA) is 84.9 Å². The number of nitrogens with one attached hydrogen (secondary N) is 1. The Morgan fingerprint density at radius 1 is 1.29 bits per heavy atom. The summed E-state index contributed by atoms with van der Waals surface area (Å²) in [5.41, 5.74) is 0. The molecular formula is C13H24N2O5S. The van der Waals surface area contributed by atoms with Crippen molar-refractivity contribution in [3.8, 4) is 0 Å². The summed E-state index contributed by atoms with van der Waals surface area (Å²) in [4.78, 5) is 13.3. The van der Waals surface area contributed by atoms with E-state index in [4.69, 9.17) is 9.47 Å². The molecule has 0 aromatic carbocycles. The molecule has 2 aliphatic rings. The lowest BCUT2D eigenvalue weighted by Crippen LogP contribution is -2.51. The third kappa shape index (κ3) is 4.31. The van der Waals surface area contributed by atoms with Crippen LogP contribution in [0, 0.1) is 0 Å². The molecule has 21 heavy (non-hydrogen) atoms. The van der Waals surface area contributed by atoms with E-state index in [2.05, 4.69) is 5.32 Å². The molecule has 2 heterocycles. The van der Waals surface area contributed by atoms with Crippen LogP contribution >= 0.6 is 0 Å². The normalized spacial score (nSPS) is 29.5. The minimum absolute atomic E-state index is 0.0861. The van der Waals surface area contributed by atoms with Crippen LogP contribution < -0.4 is 5.32 Å². The van der Waals surface area contributed by atoms with Crippen LogP contribution in [0.25, 0.3) is 0 Å². The molecule has 7 nitrogen and oxygen atoms in total. The molecule has 0 aromatic rings. The van der Waals surface area contributed by atoms with Gasteiger partial charge in [0.1, 0.15) is 0 Å². The largest absolute Gasteiger partial charge is 0.450 e. The van der Waals surface area contributed by atoms with E-state index in [0.29, 0.717) is 19.7 Å². The lowest BCUT2D eigenvalue weighted by Gasteiger charge is -2.33. The van der Waals surface area contributed by atoms with Gasteiger partial charge in [0.25, 0.3) is 0 Å². The first kappa shape index (κ1) is 16.5. The van der Waals surface area contributed by atoms with Gasteiger partial charge >= 0.3 is 6.09 Å². The SMILES string of the molecule is CCOC(=O)N1CCC(N[C@@H]2CS(=O)(=O)C[C@H]2OC)CC1. The first-order valence-electron chi connectivity index (χ1n) is 7.36. The number of piperidine rings is 1. The Bertz CT molecular complexity index is 459. The molecule has 0 unspecified atom stereocenters. The van der Waals surface area contributed by atoms with Gasteiger partial charge in [-0.05, 0) is 19.8 Å². The van der Waals surface area contributed by atoms with E-state index < -0.39 is 9.84 Å². The number of nitrogens with zero attached hydrogens (tertiary/aromatic N) is 1. The Morgan fingerprint density at radius 3 is 2.52 bits per heavy atom. The zero-order valence-electron chi connectivity index (χ0n) is 12.6. The molecule has 0 radical (unpaired) electrons. The van der Waals surface area contributed by atoms with Crippen LogP contribution in [0.5, 0.6) is 0 Å². The fourth-order valence-corrected chi connectivity index (χ4v) is 4.81. The number of amides is 1. The van der Waals surface area contributed by atoms with Gasteiger partial charge in [-0.1, -0.05) is 0 Å². The number of likely N-dealkylation sites (tertiary alicyclic amines) is 1. The monoisotopic (exact) mass is 320 g/mol. The highest BCUT2D eigenvalue weighted by molar-refractivity contribution is 7.91.